The van der Waals surface area contributed by atoms with Crippen LogP contribution in [0.5, 0.6) is 5.75 Å². The van der Waals surface area contributed by atoms with Crippen molar-refractivity contribution in [3.05, 3.63) is 78.0 Å². The molecule has 0 aliphatic heterocycles. The van der Waals surface area contributed by atoms with Gasteiger partial charge in [0, 0.05) is 17.7 Å². The Morgan fingerprint density at radius 2 is 1.96 bits per heavy atom. The molecule has 2 aromatic heterocycles. The van der Waals surface area contributed by atoms with Crippen molar-refractivity contribution >= 4 is 17.4 Å². The Morgan fingerprint density at radius 1 is 1.14 bits per heavy atom. The topological polar surface area (TPSA) is 94.5 Å². The average molecular weight is 373 g/mol. The van der Waals surface area contributed by atoms with Gasteiger partial charge < -0.3 is 15.8 Å². The molecule has 4 rings (SSSR count). The summed E-state index contributed by atoms with van der Waals surface area (Å²) in [6.07, 6.45) is 1.73. The number of carbonyl (C=O) groups is 1. The minimum Gasteiger partial charge on any atom is -0.497 e. The monoisotopic (exact) mass is 373 g/mol. The van der Waals surface area contributed by atoms with Gasteiger partial charge in [0.2, 0.25) is 5.91 Å². The number of carbonyl (C=O) groups excluding carboxylic acids is 1. The number of imidazole rings is 1. The first-order valence-corrected chi connectivity index (χ1v) is 8.76. The number of rotatable bonds is 6. The summed E-state index contributed by atoms with van der Waals surface area (Å²) in [5.41, 5.74) is 9.27. The molecule has 2 heterocycles. The Labute approximate surface area is 161 Å². The molecule has 0 aliphatic rings. The fourth-order valence-corrected chi connectivity index (χ4v) is 2.93. The molecule has 28 heavy (non-hydrogen) atoms. The summed E-state index contributed by atoms with van der Waals surface area (Å²) in [6.45, 7) is 0.629. The number of anilines is 1. The second kappa shape index (κ2) is 7.40. The number of primary amides is 1. The molecule has 2 aromatic carbocycles. The molecular formula is C21H19N5O2. The SMILES string of the molecule is COc1ccc(CNc2ccc3ncc(-c4cccc(C(N)=O)c4)n3n2)cc1. The lowest BCUT2D eigenvalue weighted by molar-refractivity contribution is 0.100. The highest BCUT2D eigenvalue weighted by Gasteiger charge is 2.10. The molecule has 7 nitrogen and oxygen atoms in total. The van der Waals surface area contributed by atoms with Crippen LogP contribution in [0.25, 0.3) is 16.9 Å². The predicted octanol–water partition coefficient (Wildman–Crippen LogP) is 3.12. The van der Waals surface area contributed by atoms with Crippen LogP contribution in [-0.2, 0) is 6.54 Å². The van der Waals surface area contributed by atoms with Gasteiger partial charge in [-0.1, -0.05) is 24.3 Å². The third-order valence-corrected chi connectivity index (χ3v) is 4.44. The summed E-state index contributed by atoms with van der Waals surface area (Å²) in [4.78, 5) is 15.9. The van der Waals surface area contributed by atoms with Gasteiger partial charge in [0.1, 0.15) is 11.6 Å². The molecule has 0 saturated heterocycles. The number of fused-ring (bicyclic) bond motifs is 1. The number of hydrogen-bond acceptors (Lipinski definition) is 5. The Kier molecular flexibility index (Phi) is 4.63. The summed E-state index contributed by atoms with van der Waals surface area (Å²) in [5.74, 6) is 1.07. The van der Waals surface area contributed by atoms with E-state index in [1.807, 2.05) is 42.5 Å². The number of benzene rings is 2. The van der Waals surface area contributed by atoms with Gasteiger partial charge >= 0.3 is 0 Å². The number of ether oxygens (including phenoxy) is 1. The van der Waals surface area contributed by atoms with Gasteiger partial charge in [-0.15, -0.1) is 5.10 Å². The highest BCUT2D eigenvalue weighted by Crippen LogP contribution is 2.22. The normalized spacial score (nSPS) is 10.8. The highest BCUT2D eigenvalue weighted by atomic mass is 16.5. The standard InChI is InChI=1S/C21H19N5O2/c1-28-17-7-5-14(6-8-17)12-23-19-9-10-20-24-13-18(26(20)25-19)15-3-2-4-16(11-15)21(22)27/h2-11,13H,12H2,1H3,(H2,22,27)(H,23,25). The van der Waals surface area contributed by atoms with E-state index < -0.39 is 5.91 Å². The third-order valence-electron chi connectivity index (χ3n) is 4.44. The molecule has 0 aliphatic carbocycles. The molecular weight excluding hydrogens is 354 g/mol. The molecule has 0 atom stereocenters. The van der Waals surface area contributed by atoms with Crippen LogP contribution in [0.15, 0.2) is 66.9 Å². The molecule has 1 amide bonds. The number of methoxy groups -OCH3 is 1. The Morgan fingerprint density at radius 3 is 2.71 bits per heavy atom. The van der Waals surface area contributed by atoms with Gasteiger partial charge in [-0.2, -0.15) is 0 Å². The van der Waals surface area contributed by atoms with E-state index >= 15 is 0 Å². The van der Waals surface area contributed by atoms with Gasteiger partial charge in [-0.25, -0.2) is 9.50 Å². The molecule has 4 aromatic rings. The lowest BCUT2D eigenvalue weighted by atomic mass is 10.1. The fourth-order valence-electron chi connectivity index (χ4n) is 2.93. The number of hydrogen-bond donors (Lipinski definition) is 2. The molecule has 140 valence electrons. The smallest absolute Gasteiger partial charge is 0.248 e. The quantitative estimate of drug-likeness (QED) is 0.541. The third kappa shape index (κ3) is 3.50. The van der Waals surface area contributed by atoms with Crippen LogP contribution in [0.2, 0.25) is 0 Å². The lowest BCUT2D eigenvalue weighted by Gasteiger charge is -2.08. The molecule has 7 heteroatoms. The largest absolute Gasteiger partial charge is 0.497 e. The van der Waals surface area contributed by atoms with E-state index in [1.165, 1.54) is 0 Å². The van der Waals surface area contributed by atoms with E-state index in [0.717, 1.165) is 28.2 Å². The van der Waals surface area contributed by atoms with E-state index in [4.69, 9.17) is 10.5 Å². The summed E-state index contributed by atoms with van der Waals surface area (Å²) in [7, 11) is 1.65. The number of amides is 1. The van der Waals surface area contributed by atoms with Gasteiger partial charge in [0.05, 0.1) is 19.0 Å². The molecule has 0 unspecified atom stereocenters. The summed E-state index contributed by atoms with van der Waals surface area (Å²) in [5, 5.41) is 7.95. The number of nitrogens with one attached hydrogen (secondary N) is 1. The maximum Gasteiger partial charge on any atom is 0.248 e. The van der Waals surface area contributed by atoms with E-state index in [1.54, 1.807) is 36.0 Å². The number of nitrogens with zero attached hydrogens (tertiary/aromatic N) is 3. The van der Waals surface area contributed by atoms with Crippen molar-refractivity contribution in [1.82, 2.24) is 14.6 Å². The molecule has 0 spiro atoms. The van der Waals surface area contributed by atoms with Crippen LogP contribution >= 0.6 is 0 Å². The summed E-state index contributed by atoms with van der Waals surface area (Å²) in [6, 6.07) is 18.7. The van der Waals surface area contributed by atoms with Crippen LogP contribution < -0.4 is 15.8 Å². The number of aromatic nitrogens is 3. The Hall–Kier alpha value is -3.87. The van der Waals surface area contributed by atoms with E-state index in [2.05, 4.69) is 15.4 Å². The second-order valence-corrected chi connectivity index (χ2v) is 6.28. The minimum atomic E-state index is -0.467. The average Bonchev–Trinajstić information content (AvgIpc) is 3.16. The van der Waals surface area contributed by atoms with Gasteiger partial charge in [0.25, 0.3) is 0 Å². The molecule has 0 saturated carbocycles. The fraction of sp³-hybridized carbons (Fsp3) is 0.0952. The summed E-state index contributed by atoms with van der Waals surface area (Å²) >= 11 is 0. The predicted molar refractivity (Wildman–Crippen MR) is 107 cm³/mol. The highest BCUT2D eigenvalue weighted by molar-refractivity contribution is 5.94. The molecule has 3 N–H and O–H groups in total. The van der Waals surface area contributed by atoms with Crippen LogP contribution in [0.4, 0.5) is 5.82 Å². The van der Waals surface area contributed by atoms with Crippen molar-refractivity contribution in [3.8, 4) is 17.0 Å². The van der Waals surface area contributed by atoms with Crippen molar-refractivity contribution in [3.63, 3.8) is 0 Å². The first kappa shape index (κ1) is 17.5. The first-order chi connectivity index (χ1) is 13.6. The van der Waals surface area contributed by atoms with Crippen LogP contribution in [-0.4, -0.2) is 27.6 Å². The maximum atomic E-state index is 11.5. The molecule has 0 radical (unpaired) electrons. The van der Waals surface area contributed by atoms with Crippen LogP contribution in [0.3, 0.4) is 0 Å². The van der Waals surface area contributed by atoms with Gasteiger partial charge in [-0.05, 0) is 42.0 Å². The second-order valence-electron chi connectivity index (χ2n) is 6.28. The Bertz CT molecular complexity index is 1140. The lowest BCUT2D eigenvalue weighted by Crippen LogP contribution is -2.10. The minimum absolute atomic E-state index is 0.446. The molecule has 0 fully saturated rings. The van der Waals surface area contributed by atoms with Crippen molar-refractivity contribution in [2.24, 2.45) is 5.73 Å². The first-order valence-electron chi connectivity index (χ1n) is 8.76. The zero-order valence-corrected chi connectivity index (χ0v) is 15.3. The van der Waals surface area contributed by atoms with Gasteiger partial charge in [0.15, 0.2) is 5.65 Å². The maximum absolute atomic E-state index is 11.5. The van der Waals surface area contributed by atoms with Crippen molar-refractivity contribution < 1.29 is 9.53 Å². The van der Waals surface area contributed by atoms with Crippen LogP contribution in [0, 0.1) is 0 Å². The number of nitrogens with two attached hydrogens (primary N) is 1. The Balaban J connectivity index is 1.60. The van der Waals surface area contributed by atoms with E-state index in [-0.39, 0.29) is 0 Å². The van der Waals surface area contributed by atoms with Crippen molar-refractivity contribution in [1.29, 1.82) is 0 Å². The summed E-state index contributed by atoms with van der Waals surface area (Å²) < 4.78 is 6.92. The van der Waals surface area contributed by atoms with Crippen molar-refractivity contribution in [2.45, 2.75) is 6.54 Å². The van der Waals surface area contributed by atoms with Gasteiger partial charge in [-0.3, -0.25) is 4.79 Å². The molecule has 0 bridgehead atoms. The zero-order chi connectivity index (χ0) is 19.5. The van der Waals surface area contributed by atoms with E-state index in [0.29, 0.717) is 17.9 Å². The van der Waals surface area contributed by atoms with E-state index in [9.17, 15) is 4.79 Å². The van der Waals surface area contributed by atoms with Crippen LogP contribution in [0.1, 0.15) is 15.9 Å². The van der Waals surface area contributed by atoms with Crippen molar-refractivity contribution in [2.75, 3.05) is 12.4 Å². The zero-order valence-electron chi connectivity index (χ0n) is 15.3.